The fourth-order valence-corrected chi connectivity index (χ4v) is 1.57. The first-order valence-corrected chi connectivity index (χ1v) is 5.96. The summed E-state index contributed by atoms with van der Waals surface area (Å²) >= 11 is 0. The smallest absolute Gasteiger partial charge is 0.311 e. The first-order valence-electron chi connectivity index (χ1n) is 5.96. The number of methoxy groups -OCH3 is 1. The average Bonchev–Trinajstić information content (AvgIpc) is 2.27. The van der Waals surface area contributed by atoms with Crippen molar-refractivity contribution in [3.8, 4) is 0 Å². The summed E-state index contributed by atoms with van der Waals surface area (Å²) in [5.41, 5.74) is 0. The van der Waals surface area contributed by atoms with E-state index in [9.17, 15) is 15.0 Å². The van der Waals surface area contributed by atoms with Crippen LogP contribution in [0, 0.1) is 5.92 Å². The van der Waals surface area contributed by atoms with E-state index in [4.69, 9.17) is 0 Å². The van der Waals surface area contributed by atoms with E-state index in [1.165, 1.54) is 7.11 Å². The van der Waals surface area contributed by atoms with Crippen LogP contribution < -0.4 is 0 Å². The quantitative estimate of drug-likeness (QED) is 0.491. The summed E-state index contributed by atoms with van der Waals surface area (Å²) in [6.45, 7) is 3.70. The Morgan fingerprint density at radius 3 is 2.44 bits per heavy atom. The molecule has 0 spiro atoms. The topological polar surface area (TPSA) is 66.8 Å². The Labute approximate surface area is 97.6 Å². The summed E-state index contributed by atoms with van der Waals surface area (Å²) in [6.07, 6.45) is 2.70. The monoisotopic (exact) mass is 232 g/mol. The van der Waals surface area contributed by atoms with Gasteiger partial charge < -0.3 is 14.9 Å². The molecule has 16 heavy (non-hydrogen) atoms. The van der Waals surface area contributed by atoms with E-state index < -0.39 is 24.1 Å². The molecule has 2 N–H and O–H groups in total. The molecule has 0 aromatic carbocycles. The molecule has 0 fully saturated rings. The van der Waals surface area contributed by atoms with Crippen molar-refractivity contribution in [2.75, 3.05) is 7.11 Å². The van der Waals surface area contributed by atoms with Gasteiger partial charge in [-0.1, -0.05) is 26.2 Å². The summed E-state index contributed by atoms with van der Waals surface area (Å²) in [6, 6.07) is 0. The third kappa shape index (κ3) is 6.08. The van der Waals surface area contributed by atoms with Gasteiger partial charge in [0.05, 0.1) is 25.2 Å². The van der Waals surface area contributed by atoms with Gasteiger partial charge in [0.1, 0.15) is 0 Å². The molecule has 0 bridgehead atoms. The maximum Gasteiger partial charge on any atom is 0.311 e. The summed E-state index contributed by atoms with van der Waals surface area (Å²) in [7, 11) is 1.29. The number of carbonyl (C=O) groups is 1. The summed E-state index contributed by atoms with van der Waals surface area (Å²) < 4.78 is 4.53. The van der Waals surface area contributed by atoms with Crippen LogP contribution >= 0.6 is 0 Å². The SMILES string of the molecule is CCCCC[C@@H](O)C[C@H](O)[C@@H](C)C(=O)OC. The molecule has 0 amide bonds. The number of rotatable bonds is 8. The van der Waals surface area contributed by atoms with Crippen LogP contribution in [0.5, 0.6) is 0 Å². The molecular weight excluding hydrogens is 208 g/mol. The normalized spacial score (nSPS) is 16.6. The standard InChI is InChI=1S/C12H24O4/c1-4-5-6-7-10(13)8-11(14)9(2)12(15)16-3/h9-11,13-14H,4-8H2,1-3H3/t9-,10-,11+/m1/s1. The third-order valence-corrected chi connectivity index (χ3v) is 2.80. The lowest BCUT2D eigenvalue weighted by atomic mass is 9.97. The van der Waals surface area contributed by atoms with Crippen LogP contribution in [0.25, 0.3) is 0 Å². The first kappa shape index (κ1) is 15.4. The summed E-state index contributed by atoms with van der Waals surface area (Å²) in [5, 5.41) is 19.3. The van der Waals surface area contributed by atoms with Gasteiger partial charge in [-0.25, -0.2) is 0 Å². The Bertz CT molecular complexity index is 193. The van der Waals surface area contributed by atoms with Crippen LogP contribution in [0.1, 0.15) is 46.0 Å². The van der Waals surface area contributed by atoms with Crippen molar-refractivity contribution >= 4 is 5.97 Å². The maximum absolute atomic E-state index is 11.1. The van der Waals surface area contributed by atoms with Gasteiger partial charge in [0.15, 0.2) is 0 Å². The number of ether oxygens (including phenoxy) is 1. The molecule has 0 aliphatic rings. The highest BCUT2D eigenvalue weighted by atomic mass is 16.5. The number of hydrogen-bond acceptors (Lipinski definition) is 4. The van der Waals surface area contributed by atoms with Crippen molar-refractivity contribution in [1.82, 2.24) is 0 Å². The van der Waals surface area contributed by atoms with Crippen LogP contribution in [0.3, 0.4) is 0 Å². The lowest BCUT2D eigenvalue weighted by Crippen LogP contribution is -2.30. The van der Waals surface area contributed by atoms with Crippen molar-refractivity contribution < 1.29 is 19.7 Å². The van der Waals surface area contributed by atoms with Crippen molar-refractivity contribution in [3.05, 3.63) is 0 Å². The molecular formula is C12H24O4. The van der Waals surface area contributed by atoms with Crippen molar-refractivity contribution in [1.29, 1.82) is 0 Å². The van der Waals surface area contributed by atoms with Crippen LogP contribution in [-0.4, -0.2) is 35.5 Å². The Kier molecular flexibility index (Phi) is 8.21. The largest absolute Gasteiger partial charge is 0.469 e. The van der Waals surface area contributed by atoms with E-state index in [1.54, 1.807) is 6.92 Å². The van der Waals surface area contributed by atoms with Gasteiger partial charge in [0.25, 0.3) is 0 Å². The Morgan fingerprint density at radius 1 is 1.31 bits per heavy atom. The molecule has 4 nitrogen and oxygen atoms in total. The van der Waals surface area contributed by atoms with E-state index in [2.05, 4.69) is 11.7 Å². The highest BCUT2D eigenvalue weighted by Crippen LogP contribution is 2.14. The molecule has 0 heterocycles. The molecule has 0 aromatic rings. The lowest BCUT2D eigenvalue weighted by Gasteiger charge is -2.19. The van der Waals surface area contributed by atoms with E-state index in [0.717, 1.165) is 19.3 Å². The minimum absolute atomic E-state index is 0.236. The second-order valence-electron chi connectivity index (χ2n) is 4.26. The molecule has 3 atom stereocenters. The summed E-state index contributed by atoms with van der Waals surface area (Å²) in [4.78, 5) is 11.1. The van der Waals surface area contributed by atoms with E-state index in [1.807, 2.05) is 0 Å². The highest BCUT2D eigenvalue weighted by molar-refractivity contribution is 5.72. The summed E-state index contributed by atoms with van der Waals surface area (Å²) in [5.74, 6) is -1.01. The number of carbonyl (C=O) groups excluding carboxylic acids is 1. The van der Waals surface area contributed by atoms with Crippen molar-refractivity contribution in [2.45, 2.75) is 58.2 Å². The fourth-order valence-electron chi connectivity index (χ4n) is 1.57. The van der Waals surface area contributed by atoms with Crippen LogP contribution in [0.2, 0.25) is 0 Å². The van der Waals surface area contributed by atoms with Crippen molar-refractivity contribution in [2.24, 2.45) is 5.92 Å². The van der Waals surface area contributed by atoms with E-state index in [-0.39, 0.29) is 6.42 Å². The molecule has 4 heteroatoms. The number of hydrogen-bond donors (Lipinski definition) is 2. The minimum Gasteiger partial charge on any atom is -0.469 e. The number of aliphatic hydroxyl groups excluding tert-OH is 2. The molecule has 96 valence electrons. The van der Waals surface area contributed by atoms with Gasteiger partial charge in [0.2, 0.25) is 0 Å². The molecule has 0 saturated heterocycles. The molecule has 0 radical (unpaired) electrons. The number of esters is 1. The second kappa shape index (κ2) is 8.53. The zero-order chi connectivity index (χ0) is 12.6. The molecule has 0 rings (SSSR count). The highest BCUT2D eigenvalue weighted by Gasteiger charge is 2.24. The first-order chi connectivity index (χ1) is 7.52. The predicted octanol–water partition coefficient (Wildman–Crippen LogP) is 1.49. The third-order valence-electron chi connectivity index (χ3n) is 2.80. The van der Waals surface area contributed by atoms with Gasteiger partial charge in [-0.15, -0.1) is 0 Å². The van der Waals surface area contributed by atoms with Gasteiger partial charge in [-0.3, -0.25) is 4.79 Å². The van der Waals surface area contributed by atoms with Crippen molar-refractivity contribution in [3.63, 3.8) is 0 Å². The van der Waals surface area contributed by atoms with Gasteiger partial charge in [-0.05, 0) is 13.3 Å². The molecule has 0 unspecified atom stereocenters. The van der Waals surface area contributed by atoms with Crippen LogP contribution in [-0.2, 0) is 9.53 Å². The van der Waals surface area contributed by atoms with E-state index >= 15 is 0 Å². The zero-order valence-corrected chi connectivity index (χ0v) is 10.5. The average molecular weight is 232 g/mol. The number of unbranched alkanes of at least 4 members (excludes halogenated alkanes) is 2. The zero-order valence-electron chi connectivity index (χ0n) is 10.5. The molecule has 0 aromatic heterocycles. The van der Waals surface area contributed by atoms with Gasteiger partial charge in [0, 0.05) is 6.42 Å². The number of aliphatic hydroxyl groups is 2. The Hall–Kier alpha value is -0.610. The van der Waals surface area contributed by atoms with Crippen LogP contribution in [0.4, 0.5) is 0 Å². The fraction of sp³-hybridized carbons (Fsp3) is 0.917. The van der Waals surface area contributed by atoms with Gasteiger partial charge >= 0.3 is 5.97 Å². The Balaban J connectivity index is 3.84. The lowest BCUT2D eigenvalue weighted by molar-refractivity contribution is -0.149. The molecule has 0 aliphatic carbocycles. The van der Waals surface area contributed by atoms with Gasteiger partial charge in [-0.2, -0.15) is 0 Å². The van der Waals surface area contributed by atoms with E-state index in [0.29, 0.717) is 6.42 Å². The predicted molar refractivity (Wildman–Crippen MR) is 62.0 cm³/mol. The minimum atomic E-state index is -0.830. The molecule has 0 saturated carbocycles. The second-order valence-corrected chi connectivity index (χ2v) is 4.26. The Morgan fingerprint density at radius 2 is 1.94 bits per heavy atom. The molecule has 0 aliphatic heterocycles. The van der Waals surface area contributed by atoms with Crippen LogP contribution in [0.15, 0.2) is 0 Å². The maximum atomic E-state index is 11.1.